The lowest BCUT2D eigenvalue weighted by molar-refractivity contribution is 0.250. The second-order valence-corrected chi connectivity index (χ2v) is 7.17. The molecule has 4 rings (SSSR count). The van der Waals surface area contributed by atoms with Crippen LogP contribution in [0.5, 0.6) is 11.5 Å². The number of pyridine rings is 1. The monoisotopic (exact) mass is 416 g/mol. The first-order valence-corrected chi connectivity index (χ1v) is 9.46. The molecule has 0 fully saturated rings. The van der Waals surface area contributed by atoms with Crippen LogP contribution in [-0.2, 0) is 6.54 Å². The maximum Gasteiger partial charge on any atom is 0.320 e. The van der Waals surface area contributed by atoms with E-state index in [-0.39, 0.29) is 18.3 Å². The van der Waals surface area contributed by atoms with Crippen LogP contribution in [0, 0.1) is 5.82 Å². The zero-order chi connectivity index (χ0) is 19.5. The van der Waals surface area contributed by atoms with Crippen molar-refractivity contribution in [2.45, 2.75) is 11.4 Å². The summed E-state index contributed by atoms with van der Waals surface area (Å²) >= 11 is 7.21. The van der Waals surface area contributed by atoms with Crippen molar-refractivity contribution in [1.82, 2.24) is 10.3 Å². The van der Waals surface area contributed by atoms with Crippen LogP contribution in [0.25, 0.3) is 0 Å². The van der Waals surface area contributed by atoms with Crippen molar-refractivity contribution >= 4 is 41.1 Å². The van der Waals surface area contributed by atoms with Gasteiger partial charge in [-0.15, -0.1) is 0 Å². The Kier molecular flexibility index (Phi) is 5.23. The number of benzene rings is 2. The van der Waals surface area contributed by atoms with E-state index in [1.54, 1.807) is 30.3 Å². The number of hydrogen-bond donors (Lipinski definition) is 3. The lowest BCUT2D eigenvalue weighted by Crippen LogP contribution is -2.34. The zero-order valence-corrected chi connectivity index (χ0v) is 15.9. The van der Waals surface area contributed by atoms with E-state index in [1.807, 2.05) is 12.1 Å². The van der Waals surface area contributed by atoms with Crippen molar-refractivity contribution in [3.63, 3.8) is 0 Å². The van der Waals surface area contributed by atoms with Crippen LogP contribution < -0.4 is 20.1 Å². The Labute approximate surface area is 169 Å². The maximum atomic E-state index is 14.5. The molecule has 1 aliphatic rings. The molecule has 0 unspecified atom stereocenters. The first-order valence-electron chi connectivity index (χ1n) is 8.27. The number of carbonyl (C=O) groups is 1. The number of rotatable bonds is 5. The molecule has 0 saturated heterocycles. The van der Waals surface area contributed by atoms with Crippen LogP contribution in [0.4, 0.5) is 20.7 Å². The molecule has 3 aromatic rings. The van der Waals surface area contributed by atoms with E-state index >= 15 is 0 Å². The van der Waals surface area contributed by atoms with Gasteiger partial charge in [0.25, 0.3) is 0 Å². The smallest absolute Gasteiger partial charge is 0.320 e. The van der Waals surface area contributed by atoms with Gasteiger partial charge in [-0.05, 0) is 54.4 Å². The summed E-state index contributed by atoms with van der Waals surface area (Å²) in [5.41, 5.74) is 1.25. The number of halogens is 2. The fourth-order valence-electron chi connectivity index (χ4n) is 2.56. The number of anilines is 2. The SMILES string of the molecule is O=C1NCc2c(Oc3ccc(NSc4ccc(Cl)cc4)cc3F)ccnc2N1. The summed E-state index contributed by atoms with van der Waals surface area (Å²) in [5.74, 6) is 0.388. The minimum Gasteiger partial charge on any atom is -0.454 e. The molecule has 0 bridgehead atoms. The van der Waals surface area contributed by atoms with E-state index in [4.69, 9.17) is 16.3 Å². The molecule has 0 radical (unpaired) electrons. The molecule has 0 saturated carbocycles. The van der Waals surface area contributed by atoms with Crippen LogP contribution in [0.3, 0.4) is 0 Å². The molecule has 0 spiro atoms. The molecule has 9 heteroatoms. The summed E-state index contributed by atoms with van der Waals surface area (Å²) in [7, 11) is 0. The highest BCUT2D eigenvalue weighted by Gasteiger charge is 2.20. The molecule has 142 valence electrons. The number of nitrogens with one attached hydrogen (secondary N) is 3. The highest BCUT2D eigenvalue weighted by atomic mass is 35.5. The van der Waals surface area contributed by atoms with Crippen molar-refractivity contribution in [2.75, 3.05) is 10.0 Å². The summed E-state index contributed by atoms with van der Waals surface area (Å²) in [6.07, 6.45) is 1.50. The fraction of sp³-hybridized carbons (Fsp3) is 0.0526. The third kappa shape index (κ3) is 4.13. The largest absolute Gasteiger partial charge is 0.454 e. The Morgan fingerprint density at radius 2 is 1.96 bits per heavy atom. The van der Waals surface area contributed by atoms with Crippen molar-refractivity contribution in [3.8, 4) is 11.5 Å². The Balaban J connectivity index is 1.47. The maximum absolute atomic E-state index is 14.5. The minimum atomic E-state index is -0.514. The predicted octanol–water partition coefficient (Wildman–Crippen LogP) is 5.42. The zero-order valence-electron chi connectivity index (χ0n) is 14.3. The highest BCUT2D eigenvalue weighted by Crippen LogP contribution is 2.33. The lowest BCUT2D eigenvalue weighted by Gasteiger charge is -2.20. The molecule has 0 aliphatic carbocycles. The number of ether oxygens (including phenoxy) is 1. The Morgan fingerprint density at radius 3 is 2.75 bits per heavy atom. The fourth-order valence-corrected chi connectivity index (χ4v) is 3.32. The summed E-state index contributed by atoms with van der Waals surface area (Å²) in [4.78, 5) is 16.4. The third-order valence-electron chi connectivity index (χ3n) is 3.92. The molecular formula is C19H14ClFN4O2S. The number of aromatic nitrogens is 1. The molecule has 2 heterocycles. The standard InChI is InChI=1S/C19H14ClFN4O2S/c20-11-1-4-13(5-2-11)28-25-12-3-6-17(15(21)9-12)27-16-7-8-22-18-14(16)10-23-19(26)24-18/h1-9,25H,10H2,(H2,22,23,24,26). The Hall–Kier alpha value is -2.97. The molecule has 6 nitrogen and oxygen atoms in total. The van der Waals surface area contributed by atoms with Crippen LogP contribution in [0.2, 0.25) is 5.02 Å². The van der Waals surface area contributed by atoms with Gasteiger partial charge in [0.15, 0.2) is 11.6 Å². The number of nitrogens with zero attached hydrogens (tertiary/aromatic N) is 1. The van der Waals surface area contributed by atoms with Gasteiger partial charge in [0.1, 0.15) is 11.6 Å². The average molecular weight is 417 g/mol. The third-order valence-corrected chi connectivity index (χ3v) is 5.02. The van der Waals surface area contributed by atoms with Gasteiger partial charge >= 0.3 is 6.03 Å². The molecular weight excluding hydrogens is 403 g/mol. The van der Waals surface area contributed by atoms with E-state index < -0.39 is 5.82 Å². The summed E-state index contributed by atoms with van der Waals surface area (Å²) < 4.78 is 23.3. The van der Waals surface area contributed by atoms with Gasteiger partial charge in [0, 0.05) is 27.9 Å². The van der Waals surface area contributed by atoms with Gasteiger partial charge in [-0.2, -0.15) is 0 Å². The average Bonchev–Trinajstić information content (AvgIpc) is 2.69. The summed E-state index contributed by atoms with van der Waals surface area (Å²) in [6.45, 7) is 0.253. The minimum absolute atomic E-state index is 0.0762. The molecule has 2 amide bonds. The van der Waals surface area contributed by atoms with Gasteiger partial charge in [-0.3, -0.25) is 5.32 Å². The van der Waals surface area contributed by atoms with E-state index in [2.05, 4.69) is 20.3 Å². The van der Waals surface area contributed by atoms with Gasteiger partial charge < -0.3 is 14.8 Å². The molecule has 28 heavy (non-hydrogen) atoms. The van der Waals surface area contributed by atoms with Crippen LogP contribution in [-0.4, -0.2) is 11.0 Å². The van der Waals surface area contributed by atoms with Crippen LogP contribution >= 0.6 is 23.5 Å². The predicted molar refractivity (Wildman–Crippen MR) is 108 cm³/mol. The number of hydrogen-bond acceptors (Lipinski definition) is 5. The van der Waals surface area contributed by atoms with Crippen molar-refractivity contribution in [3.05, 3.63) is 71.1 Å². The first kappa shape index (κ1) is 18.4. The Morgan fingerprint density at radius 1 is 1.14 bits per heavy atom. The topological polar surface area (TPSA) is 75.3 Å². The van der Waals surface area contributed by atoms with Crippen molar-refractivity contribution in [1.29, 1.82) is 0 Å². The molecule has 0 atom stereocenters. The quantitative estimate of drug-likeness (QED) is 0.484. The number of fused-ring (bicyclic) bond motifs is 1. The van der Waals surface area contributed by atoms with Crippen LogP contribution in [0.1, 0.15) is 5.56 Å². The molecule has 1 aromatic heterocycles. The summed E-state index contributed by atoms with van der Waals surface area (Å²) in [6, 6.07) is 13.2. The van der Waals surface area contributed by atoms with E-state index in [0.29, 0.717) is 27.8 Å². The lowest BCUT2D eigenvalue weighted by atomic mass is 10.2. The number of carbonyl (C=O) groups excluding carboxylic acids is 1. The molecule has 2 aromatic carbocycles. The van der Waals surface area contributed by atoms with Gasteiger partial charge in [-0.1, -0.05) is 11.6 Å². The van der Waals surface area contributed by atoms with E-state index in [1.165, 1.54) is 24.2 Å². The van der Waals surface area contributed by atoms with Crippen LogP contribution in [0.15, 0.2) is 59.6 Å². The van der Waals surface area contributed by atoms with E-state index in [9.17, 15) is 9.18 Å². The van der Waals surface area contributed by atoms with Crippen molar-refractivity contribution < 1.29 is 13.9 Å². The highest BCUT2D eigenvalue weighted by molar-refractivity contribution is 8.00. The molecule has 1 aliphatic heterocycles. The van der Waals surface area contributed by atoms with Gasteiger partial charge in [0.05, 0.1) is 12.1 Å². The van der Waals surface area contributed by atoms with Gasteiger partial charge in [-0.25, -0.2) is 14.2 Å². The van der Waals surface area contributed by atoms with Crippen molar-refractivity contribution in [2.24, 2.45) is 0 Å². The molecule has 3 N–H and O–H groups in total. The second kappa shape index (κ2) is 7.95. The number of urea groups is 1. The van der Waals surface area contributed by atoms with Gasteiger partial charge in [0.2, 0.25) is 0 Å². The first-order chi connectivity index (χ1) is 13.6. The second-order valence-electron chi connectivity index (χ2n) is 5.85. The Bertz CT molecular complexity index is 1030. The van der Waals surface area contributed by atoms with E-state index in [0.717, 1.165) is 4.90 Å². The normalized spacial score (nSPS) is 12.6. The summed E-state index contributed by atoms with van der Waals surface area (Å²) in [5, 5.41) is 5.89. The number of amides is 2.